The molecular formula is C28H27N3O4. The molecule has 0 bridgehead atoms. The van der Waals surface area contributed by atoms with Crippen molar-refractivity contribution in [3.8, 4) is 28.4 Å². The molecule has 0 aliphatic carbocycles. The van der Waals surface area contributed by atoms with Crippen LogP contribution in [-0.4, -0.2) is 28.8 Å². The second-order valence-corrected chi connectivity index (χ2v) is 8.29. The van der Waals surface area contributed by atoms with Gasteiger partial charge in [0.25, 0.3) is 5.91 Å². The van der Waals surface area contributed by atoms with Crippen LogP contribution in [0, 0.1) is 0 Å². The topological polar surface area (TPSA) is 82.4 Å². The van der Waals surface area contributed by atoms with Gasteiger partial charge in [-0.2, -0.15) is 9.78 Å². The maximum Gasteiger partial charge on any atom is 0.309 e. The molecule has 7 heteroatoms. The van der Waals surface area contributed by atoms with Crippen molar-refractivity contribution in [3.63, 3.8) is 0 Å². The summed E-state index contributed by atoms with van der Waals surface area (Å²) in [5.74, 6) is 0.241. The first kappa shape index (κ1) is 23.8. The van der Waals surface area contributed by atoms with Gasteiger partial charge in [0.1, 0.15) is 5.75 Å². The van der Waals surface area contributed by atoms with Gasteiger partial charge in [0.05, 0.1) is 29.6 Å². The first-order valence-corrected chi connectivity index (χ1v) is 11.3. The van der Waals surface area contributed by atoms with Gasteiger partial charge in [0, 0.05) is 12.6 Å². The fourth-order valence-corrected chi connectivity index (χ4v) is 3.82. The van der Waals surface area contributed by atoms with Crippen LogP contribution in [0.15, 0.2) is 78.9 Å². The molecule has 7 nitrogen and oxygen atoms in total. The number of carbonyl (C=O) groups excluding carboxylic acids is 2. The number of hydrogen-bond donors (Lipinski definition) is 1. The monoisotopic (exact) mass is 469 g/mol. The minimum atomic E-state index is -0.431. The highest BCUT2D eigenvalue weighted by Crippen LogP contribution is 2.39. The molecule has 1 amide bonds. The molecule has 0 aliphatic heterocycles. The highest BCUT2D eigenvalue weighted by Gasteiger charge is 2.25. The zero-order valence-electron chi connectivity index (χ0n) is 20.1. The molecule has 178 valence electrons. The Bertz CT molecular complexity index is 1340. The lowest BCUT2D eigenvalue weighted by molar-refractivity contribution is -0.132. The quantitative estimate of drug-likeness (QED) is 0.343. The van der Waals surface area contributed by atoms with Crippen molar-refractivity contribution in [2.24, 2.45) is 0 Å². The van der Waals surface area contributed by atoms with Crippen LogP contribution in [0.1, 0.15) is 42.7 Å². The number of nitrogens with zero attached hydrogens (tertiary/aromatic N) is 2. The van der Waals surface area contributed by atoms with Gasteiger partial charge in [0.2, 0.25) is 5.88 Å². The number of ether oxygens (including phenoxy) is 2. The van der Waals surface area contributed by atoms with Crippen molar-refractivity contribution in [2.75, 3.05) is 12.4 Å². The molecule has 1 aromatic heterocycles. The maximum absolute atomic E-state index is 12.8. The number of aromatic nitrogens is 2. The SMILES string of the molecule is COc1ccccc1C(=O)Nc1ccc(-c2c(C(C)C)nn(-c3ccccc3)c2OC(C)=O)cc1. The molecule has 1 heterocycles. The van der Waals surface area contributed by atoms with E-state index in [9.17, 15) is 9.59 Å². The molecule has 0 saturated carbocycles. The summed E-state index contributed by atoms with van der Waals surface area (Å²) in [5.41, 5.74) is 4.22. The van der Waals surface area contributed by atoms with E-state index in [2.05, 4.69) is 5.32 Å². The maximum atomic E-state index is 12.8. The van der Waals surface area contributed by atoms with Crippen LogP contribution in [0.3, 0.4) is 0 Å². The molecule has 0 atom stereocenters. The number of rotatable bonds is 7. The van der Waals surface area contributed by atoms with Gasteiger partial charge in [-0.1, -0.05) is 56.3 Å². The Balaban J connectivity index is 1.72. The number of amides is 1. The molecular weight excluding hydrogens is 442 g/mol. The second-order valence-electron chi connectivity index (χ2n) is 8.29. The summed E-state index contributed by atoms with van der Waals surface area (Å²) < 4.78 is 12.6. The molecule has 0 radical (unpaired) electrons. The smallest absolute Gasteiger partial charge is 0.309 e. The summed E-state index contributed by atoms with van der Waals surface area (Å²) in [6, 6.07) is 24.0. The first-order chi connectivity index (χ1) is 16.9. The van der Waals surface area contributed by atoms with E-state index < -0.39 is 5.97 Å². The van der Waals surface area contributed by atoms with Gasteiger partial charge < -0.3 is 14.8 Å². The third-order valence-corrected chi connectivity index (χ3v) is 5.44. The number of hydrogen-bond acceptors (Lipinski definition) is 5. The highest BCUT2D eigenvalue weighted by molar-refractivity contribution is 6.06. The van der Waals surface area contributed by atoms with Gasteiger partial charge in [0.15, 0.2) is 0 Å². The number of anilines is 1. The van der Waals surface area contributed by atoms with E-state index in [0.717, 1.165) is 22.5 Å². The van der Waals surface area contributed by atoms with Crippen molar-refractivity contribution >= 4 is 17.6 Å². The van der Waals surface area contributed by atoms with Crippen molar-refractivity contribution < 1.29 is 19.1 Å². The highest BCUT2D eigenvalue weighted by atomic mass is 16.5. The number of methoxy groups -OCH3 is 1. The Hall–Kier alpha value is -4.39. The van der Waals surface area contributed by atoms with Crippen LogP contribution in [0.2, 0.25) is 0 Å². The zero-order chi connectivity index (χ0) is 24.9. The molecule has 0 fully saturated rings. The normalized spacial score (nSPS) is 10.8. The Kier molecular flexibility index (Phi) is 6.96. The molecule has 0 unspecified atom stereocenters. The van der Waals surface area contributed by atoms with Crippen LogP contribution in [-0.2, 0) is 4.79 Å². The lowest BCUT2D eigenvalue weighted by Crippen LogP contribution is -2.13. The van der Waals surface area contributed by atoms with Crippen molar-refractivity contribution in [1.29, 1.82) is 0 Å². The lowest BCUT2D eigenvalue weighted by Gasteiger charge is -2.12. The Morgan fingerprint density at radius 1 is 0.914 bits per heavy atom. The van der Waals surface area contributed by atoms with E-state index in [1.165, 1.54) is 14.0 Å². The van der Waals surface area contributed by atoms with E-state index in [1.807, 2.05) is 74.5 Å². The van der Waals surface area contributed by atoms with E-state index in [1.54, 1.807) is 22.9 Å². The molecule has 0 spiro atoms. The third-order valence-electron chi connectivity index (χ3n) is 5.44. The third kappa shape index (κ3) is 5.09. The number of nitrogens with one attached hydrogen (secondary N) is 1. The standard InChI is InChI=1S/C28H27N3O4/c1-18(2)26-25(28(35-19(3)32)31(30-26)22-10-6-5-7-11-22)20-14-16-21(17-15-20)29-27(33)23-12-8-9-13-24(23)34-4/h5-18H,1-4H3,(H,29,33). The largest absolute Gasteiger partial charge is 0.496 e. The molecule has 4 rings (SSSR count). The average Bonchev–Trinajstić information content (AvgIpc) is 3.23. The summed E-state index contributed by atoms with van der Waals surface area (Å²) >= 11 is 0. The Labute approximate surface area is 204 Å². The number of carbonyl (C=O) groups is 2. The van der Waals surface area contributed by atoms with Gasteiger partial charge in [-0.05, 0) is 47.9 Å². The van der Waals surface area contributed by atoms with Crippen molar-refractivity contribution in [3.05, 3.63) is 90.1 Å². The van der Waals surface area contributed by atoms with E-state index in [-0.39, 0.29) is 11.8 Å². The van der Waals surface area contributed by atoms with E-state index in [4.69, 9.17) is 14.6 Å². The average molecular weight is 470 g/mol. The Morgan fingerprint density at radius 3 is 2.20 bits per heavy atom. The predicted molar refractivity (Wildman–Crippen MR) is 135 cm³/mol. The van der Waals surface area contributed by atoms with E-state index in [0.29, 0.717) is 22.9 Å². The first-order valence-electron chi connectivity index (χ1n) is 11.3. The zero-order valence-corrected chi connectivity index (χ0v) is 20.1. The Morgan fingerprint density at radius 2 is 1.57 bits per heavy atom. The predicted octanol–water partition coefficient (Wildman–Crippen LogP) is 5.85. The molecule has 35 heavy (non-hydrogen) atoms. The fourth-order valence-electron chi connectivity index (χ4n) is 3.82. The molecule has 4 aromatic rings. The van der Waals surface area contributed by atoms with Crippen LogP contribution in [0.25, 0.3) is 16.8 Å². The molecule has 3 aromatic carbocycles. The van der Waals surface area contributed by atoms with E-state index >= 15 is 0 Å². The summed E-state index contributed by atoms with van der Waals surface area (Å²) in [6.07, 6.45) is 0. The van der Waals surface area contributed by atoms with Gasteiger partial charge >= 0.3 is 5.97 Å². The van der Waals surface area contributed by atoms with Crippen LogP contribution < -0.4 is 14.8 Å². The van der Waals surface area contributed by atoms with Crippen LogP contribution in [0.4, 0.5) is 5.69 Å². The summed E-state index contributed by atoms with van der Waals surface area (Å²) in [5, 5.41) is 7.70. The minimum Gasteiger partial charge on any atom is -0.496 e. The second kappa shape index (κ2) is 10.3. The lowest BCUT2D eigenvalue weighted by atomic mass is 9.99. The number of para-hydroxylation sites is 2. The summed E-state index contributed by atoms with van der Waals surface area (Å²) in [7, 11) is 1.53. The summed E-state index contributed by atoms with van der Waals surface area (Å²) in [6.45, 7) is 5.46. The van der Waals surface area contributed by atoms with Gasteiger partial charge in [-0.25, -0.2) is 0 Å². The number of benzene rings is 3. The van der Waals surface area contributed by atoms with Crippen molar-refractivity contribution in [2.45, 2.75) is 26.7 Å². The van der Waals surface area contributed by atoms with Crippen LogP contribution in [0.5, 0.6) is 11.6 Å². The summed E-state index contributed by atoms with van der Waals surface area (Å²) in [4.78, 5) is 24.8. The molecule has 0 saturated heterocycles. The number of esters is 1. The molecule has 0 aliphatic rings. The van der Waals surface area contributed by atoms with Gasteiger partial charge in [-0.15, -0.1) is 0 Å². The van der Waals surface area contributed by atoms with Gasteiger partial charge in [-0.3, -0.25) is 9.59 Å². The van der Waals surface area contributed by atoms with Crippen molar-refractivity contribution in [1.82, 2.24) is 9.78 Å². The fraction of sp³-hybridized carbons (Fsp3) is 0.179. The minimum absolute atomic E-state index is 0.0780. The molecule has 1 N–H and O–H groups in total. The van der Waals surface area contributed by atoms with Crippen LogP contribution >= 0.6 is 0 Å².